The molecule has 0 bridgehead atoms. The fourth-order valence-corrected chi connectivity index (χ4v) is 1.88. The first-order valence-corrected chi connectivity index (χ1v) is 5.42. The van der Waals surface area contributed by atoms with Gasteiger partial charge in [0.25, 0.3) is 0 Å². The topological polar surface area (TPSA) is 61.7 Å². The Hall–Kier alpha value is -0.420. The average Bonchev–Trinajstić information content (AvgIpc) is 2.20. The van der Waals surface area contributed by atoms with Crippen molar-refractivity contribution in [3.63, 3.8) is 0 Å². The fraction of sp³-hybridized carbons (Fsp3) is 0.818. The van der Waals surface area contributed by atoms with Crippen LogP contribution in [0.1, 0.15) is 32.6 Å². The average molecular weight is 215 g/mol. The van der Waals surface area contributed by atoms with Gasteiger partial charge in [-0.1, -0.05) is 6.08 Å². The lowest BCUT2D eigenvalue weighted by atomic mass is 9.82. The molecule has 1 rings (SSSR count). The summed E-state index contributed by atoms with van der Waals surface area (Å²) in [5.74, 6) is 0. The Morgan fingerprint density at radius 1 is 1.60 bits per heavy atom. The van der Waals surface area contributed by atoms with Crippen LogP contribution in [-0.2, 0) is 4.74 Å². The Labute approximate surface area is 90.9 Å². The van der Waals surface area contributed by atoms with Crippen molar-refractivity contribution >= 4 is 0 Å². The molecule has 0 aromatic carbocycles. The Balaban J connectivity index is 2.32. The van der Waals surface area contributed by atoms with Gasteiger partial charge in [-0.3, -0.25) is 5.32 Å². The maximum atomic E-state index is 9.52. The van der Waals surface area contributed by atoms with Gasteiger partial charge in [0.2, 0.25) is 6.41 Å². The van der Waals surface area contributed by atoms with Gasteiger partial charge in [0.05, 0.1) is 12.7 Å². The molecule has 0 heterocycles. The molecular weight excluding hydrogens is 194 g/mol. The van der Waals surface area contributed by atoms with Crippen LogP contribution in [0.3, 0.4) is 0 Å². The van der Waals surface area contributed by atoms with Crippen molar-refractivity contribution in [1.29, 1.82) is 0 Å². The first-order chi connectivity index (χ1) is 7.06. The third-order valence-corrected chi connectivity index (χ3v) is 2.90. The number of nitrogens with one attached hydrogen (secondary N) is 1. The molecule has 0 aromatic heterocycles. The number of aliphatic hydroxyl groups excluding tert-OH is 2. The minimum absolute atomic E-state index is 0.139. The zero-order valence-corrected chi connectivity index (χ0v) is 9.28. The largest absolute Gasteiger partial charge is 0.393 e. The summed E-state index contributed by atoms with van der Waals surface area (Å²) in [6, 6.07) is 0. The van der Waals surface area contributed by atoms with Crippen molar-refractivity contribution < 1.29 is 14.9 Å². The van der Waals surface area contributed by atoms with Gasteiger partial charge in [-0.15, -0.1) is 6.58 Å². The maximum Gasteiger partial charge on any atom is 0.214 e. The molecule has 1 aliphatic rings. The fourth-order valence-electron chi connectivity index (χ4n) is 1.88. The van der Waals surface area contributed by atoms with E-state index >= 15 is 0 Å². The standard InChI is InChI=1S/C11H21NO3/c1-3-8-15-10(14)12-11(2)6-4-9(13)5-7-11/h3,9-10,12-14H,1,4-8H2,2H3/t9-,10?,11+. The summed E-state index contributed by atoms with van der Waals surface area (Å²) < 4.78 is 5.05. The quantitative estimate of drug-likeness (QED) is 0.468. The van der Waals surface area contributed by atoms with Gasteiger partial charge in [0, 0.05) is 5.54 Å². The molecule has 88 valence electrons. The van der Waals surface area contributed by atoms with Crippen molar-refractivity contribution in [3.8, 4) is 0 Å². The SMILES string of the molecule is C=CCOC(O)N[C@]1(C)CC[C@H](O)CC1. The normalized spacial score (nSPS) is 33.7. The van der Waals surface area contributed by atoms with Gasteiger partial charge in [0.1, 0.15) is 0 Å². The van der Waals surface area contributed by atoms with Crippen molar-refractivity contribution in [3.05, 3.63) is 12.7 Å². The molecule has 0 amide bonds. The van der Waals surface area contributed by atoms with Gasteiger partial charge in [0.15, 0.2) is 0 Å². The van der Waals surface area contributed by atoms with Gasteiger partial charge in [-0.05, 0) is 32.6 Å². The molecule has 0 radical (unpaired) electrons. The van der Waals surface area contributed by atoms with E-state index < -0.39 is 6.41 Å². The van der Waals surface area contributed by atoms with Crippen LogP contribution in [0.4, 0.5) is 0 Å². The van der Waals surface area contributed by atoms with Gasteiger partial charge in [-0.2, -0.15) is 0 Å². The third kappa shape index (κ3) is 4.30. The van der Waals surface area contributed by atoms with E-state index in [9.17, 15) is 10.2 Å². The zero-order chi connectivity index (χ0) is 11.3. The summed E-state index contributed by atoms with van der Waals surface area (Å²) in [5, 5.41) is 21.9. The Morgan fingerprint density at radius 2 is 2.20 bits per heavy atom. The summed E-state index contributed by atoms with van der Waals surface area (Å²) in [4.78, 5) is 0. The number of rotatable bonds is 5. The van der Waals surface area contributed by atoms with Crippen molar-refractivity contribution in [1.82, 2.24) is 5.32 Å². The minimum Gasteiger partial charge on any atom is -0.393 e. The van der Waals surface area contributed by atoms with E-state index in [0.717, 1.165) is 25.7 Å². The predicted octanol–water partition coefficient (Wildman–Crippen LogP) is 0.748. The van der Waals surface area contributed by atoms with Crippen molar-refractivity contribution in [2.45, 2.75) is 50.7 Å². The van der Waals surface area contributed by atoms with E-state index in [0.29, 0.717) is 6.61 Å². The summed E-state index contributed by atoms with van der Waals surface area (Å²) >= 11 is 0. The highest BCUT2D eigenvalue weighted by molar-refractivity contribution is 4.88. The Kier molecular flexibility index (Phi) is 4.73. The van der Waals surface area contributed by atoms with Crippen LogP contribution < -0.4 is 5.32 Å². The molecule has 15 heavy (non-hydrogen) atoms. The van der Waals surface area contributed by atoms with Crippen LogP contribution in [0.2, 0.25) is 0 Å². The highest BCUT2D eigenvalue weighted by atomic mass is 16.6. The second-order valence-electron chi connectivity index (χ2n) is 4.41. The second kappa shape index (κ2) is 5.61. The van der Waals surface area contributed by atoms with Crippen LogP contribution >= 0.6 is 0 Å². The smallest absolute Gasteiger partial charge is 0.214 e. The zero-order valence-electron chi connectivity index (χ0n) is 9.28. The molecule has 4 heteroatoms. The van der Waals surface area contributed by atoms with Gasteiger partial charge < -0.3 is 14.9 Å². The predicted molar refractivity (Wildman–Crippen MR) is 58.2 cm³/mol. The summed E-state index contributed by atoms with van der Waals surface area (Å²) in [5.41, 5.74) is -0.139. The molecule has 1 unspecified atom stereocenters. The number of ether oxygens (including phenoxy) is 1. The summed E-state index contributed by atoms with van der Waals surface area (Å²) in [6.45, 7) is 5.88. The molecule has 4 nitrogen and oxygen atoms in total. The van der Waals surface area contributed by atoms with Crippen LogP contribution in [0.15, 0.2) is 12.7 Å². The molecule has 1 fully saturated rings. The van der Waals surface area contributed by atoms with E-state index in [1.165, 1.54) is 0 Å². The van der Waals surface area contributed by atoms with Crippen molar-refractivity contribution in [2.75, 3.05) is 6.61 Å². The Bertz CT molecular complexity index is 200. The molecule has 0 saturated heterocycles. The third-order valence-electron chi connectivity index (χ3n) is 2.90. The highest BCUT2D eigenvalue weighted by Crippen LogP contribution is 2.28. The monoisotopic (exact) mass is 215 g/mol. The van der Waals surface area contributed by atoms with Crippen LogP contribution in [0.5, 0.6) is 0 Å². The molecule has 0 aromatic rings. The molecular formula is C11H21NO3. The van der Waals surface area contributed by atoms with Gasteiger partial charge in [-0.25, -0.2) is 0 Å². The molecule has 3 N–H and O–H groups in total. The van der Waals surface area contributed by atoms with Crippen LogP contribution in [0, 0.1) is 0 Å². The van der Waals surface area contributed by atoms with Crippen molar-refractivity contribution in [2.24, 2.45) is 0 Å². The Morgan fingerprint density at radius 3 is 2.73 bits per heavy atom. The van der Waals surface area contributed by atoms with Gasteiger partial charge >= 0.3 is 0 Å². The minimum atomic E-state index is -0.955. The first kappa shape index (κ1) is 12.6. The number of hydrogen-bond acceptors (Lipinski definition) is 4. The second-order valence-corrected chi connectivity index (χ2v) is 4.41. The summed E-state index contributed by atoms with van der Waals surface area (Å²) in [6.07, 6.45) is 3.70. The molecule has 0 spiro atoms. The number of aliphatic hydroxyl groups is 2. The first-order valence-electron chi connectivity index (χ1n) is 5.42. The molecule has 1 saturated carbocycles. The van der Waals surface area contributed by atoms with Crippen LogP contribution in [-0.4, -0.2) is 34.9 Å². The van der Waals surface area contributed by atoms with Crippen LogP contribution in [0.25, 0.3) is 0 Å². The lowest BCUT2D eigenvalue weighted by molar-refractivity contribution is -0.131. The lowest BCUT2D eigenvalue weighted by Gasteiger charge is -2.38. The van der Waals surface area contributed by atoms with E-state index in [1.807, 2.05) is 6.92 Å². The van der Waals surface area contributed by atoms with E-state index in [1.54, 1.807) is 6.08 Å². The highest BCUT2D eigenvalue weighted by Gasteiger charge is 2.31. The maximum absolute atomic E-state index is 9.52. The van der Waals surface area contributed by atoms with E-state index in [2.05, 4.69) is 11.9 Å². The molecule has 0 aliphatic heterocycles. The summed E-state index contributed by atoms with van der Waals surface area (Å²) in [7, 11) is 0. The van der Waals surface area contributed by atoms with E-state index in [4.69, 9.17) is 4.74 Å². The number of hydrogen-bond donors (Lipinski definition) is 3. The lowest BCUT2D eigenvalue weighted by Crippen LogP contribution is -2.51. The molecule has 1 atom stereocenters. The van der Waals surface area contributed by atoms with E-state index in [-0.39, 0.29) is 11.6 Å². The molecule has 1 aliphatic carbocycles.